The Hall–Kier alpha value is -4.19. The number of aromatic nitrogens is 4. The summed E-state index contributed by atoms with van der Waals surface area (Å²) in [7, 11) is 0. The summed E-state index contributed by atoms with van der Waals surface area (Å²) in [6.45, 7) is 1.56. The van der Waals surface area contributed by atoms with Crippen molar-refractivity contribution in [3.05, 3.63) is 65.5 Å². The van der Waals surface area contributed by atoms with Gasteiger partial charge in [-0.15, -0.1) is 0 Å². The van der Waals surface area contributed by atoms with Crippen LogP contribution in [0.3, 0.4) is 0 Å². The second-order valence-electron chi connectivity index (χ2n) is 9.97. The van der Waals surface area contributed by atoms with Crippen molar-refractivity contribution in [1.29, 1.82) is 10.5 Å². The average Bonchev–Trinajstić information content (AvgIpc) is 3.62. The van der Waals surface area contributed by atoms with Crippen molar-refractivity contribution in [2.24, 2.45) is 0 Å². The van der Waals surface area contributed by atoms with Gasteiger partial charge in [-0.1, -0.05) is 11.8 Å². The van der Waals surface area contributed by atoms with Crippen molar-refractivity contribution < 1.29 is 14.3 Å². The summed E-state index contributed by atoms with van der Waals surface area (Å²) in [5, 5.41) is 37.8. The molecule has 2 saturated heterocycles. The number of pyridine rings is 1. The van der Waals surface area contributed by atoms with Crippen LogP contribution < -0.4 is 0 Å². The number of halogens is 1. The molecule has 2 aliphatic rings. The first-order valence-corrected chi connectivity index (χ1v) is 13.5. The Balaban J connectivity index is 1.37. The lowest BCUT2D eigenvalue weighted by atomic mass is 9.96. The molecule has 0 spiro atoms. The van der Waals surface area contributed by atoms with E-state index < -0.39 is 12.4 Å². The fraction of sp³-hybridized carbons (Fsp3) is 0.321. The molecule has 1 N–H and O–H groups in total. The fourth-order valence-corrected chi connectivity index (χ4v) is 7.17. The van der Waals surface area contributed by atoms with Crippen LogP contribution in [0.2, 0.25) is 0 Å². The zero-order valence-corrected chi connectivity index (χ0v) is 21.9. The molecule has 1 amide bonds. The molecular weight excluding hydrogens is 517 g/mol. The number of aliphatic hydroxyl groups excluding tert-OH is 1. The SMILES string of the molecule is Cc1c(-c2cc(Sc3ccc(F)cc3C#N)c3c(C#N)cnn3c2)cnn1[C@@H]1C[C@H]2CC[C@@H](C1)N2C(=O)CO. The second-order valence-corrected chi connectivity index (χ2v) is 11.1. The summed E-state index contributed by atoms with van der Waals surface area (Å²) >= 11 is 1.29. The maximum absolute atomic E-state index is 13.8. The number of fused-ring (bicyclic) bond motifs is 3. The van der Waals surface area contributed by atoms with Gasteiger partial charge in [-0.05, 0) is 56.9 Å². The van der Waals surface area contributed by atoms with E-state index in [4.69, 9.17) is 5.10 Å². The summed E-state index contributed by atoms with van der Waals surface area (Å²) < 4.78 is 17.4. The van der Waals surface area contributed by atoms with Gasteiger partial charge in [-0.25, -0.2) is 8.91 Å². The maximum Gasteiger partial charge on any atom is 0.248 e. The molecule has 5 heterocycles. The van der Waals surface area contributed by atoms with Crippen LogP contribution in [-0.4, -0.2) is 54.0 Å². The molecule has 0 saturated carbocycles. The van der Waals surface area contributed by atoms with E-state index in [2.05, 4.69) is 11.2 Å². The lowest BCUT2D eigenvalue weighted by Gasteiger charge is -2.39. The number of carbonyl (C=O) groups is 1. The van der Waals surface area contributed by atoms with Crippen molar-refractivity contribution in [3.63, 3.8) is 0 Å². The molecule has 2 fully saturated rings. The van der Waals surface area contributed by atoms with Gasteiger partial charge < -0.3 is 10.0 Å². The Labute approximate surface area is 228 Å². The fourth-order valence-electron chi connectivity index (χ4n) is 6.10. The van der Waals surface area contributed by atoms with E-state index in [0.717, 1.165) is 42.5 Å². The predicted molar refractivity (Wildman–Crippen MR) is 140 cm³/mol. The summed E-state index contributed by atoms with van der Waals surface area (Å²) in [4.78, 5) is 15.4. The minimum Gasteiger partial charge on any atom is -0.387 e. The number of hydrogen-bond acceptors (Lipinski definition) is 7. The Kier molecular flexibility index (Phi) is 6.34. The maximum atomic E-state index is 13.8. The van der Waals surface area contributed by atoms with E-state index in [-0.39, 0.29) is 29.6 Å². The van der Waals surface area contributed by atoms with Gasteiger partial charge in [0.1, 0.15) is 24.6 Å². The molecule has 0 aliphatic carbocycles. The van der Waals surface area contributed by atoms with Gasteiger partial charge >= 0.3 is 0 Å². The van der Waals surface area contributed by atoms with Crippen LogP contribution in [0.15, 0.2) is 52.6 Å². The van der Waals surface area contributed by atoms with Gasteiger partial charge in [0.05, 0.1) is 35.1 Å². The summed E-state index contributed by atoms with van der Waals surface area (Å²) in [5.74, 6) is -0.686. The molecule has 1 aromatic carbocycles. The lowest BCUT2D eigenvalue weighted by molar-refractivity contribution is -0.139. The predicted octanol–water partition coefficient (Wildman–Crippen LogP) is 4.23. The molecule has 2 aliphatic heterocycles. The van der Waals surface area contributed by atoms with Crippen LogP contribution in [0.5, 0.6) is 0 Å². The third-order valence-corrected chi connectivity index (χ3v) is 8.92. The summed E-state index contributed by atoms with van der Waals surface area (Å²) in [6, 6.07) is 10.6. The quantitative estimate of drug-likeness (QED) is 0.401. The van der Waals surface area contributed by atoms with Crippen molar-refractivity contribution in [2.75, 3.05) is 6.61 Å². The normalized spacial score (nSPS) is 20.2. The molecule has 0 unspecified atom stereocenters. The number of nitriles is 2. The minimum absolute atomic E-state index is 0.110. The number of nitrogens with zero attached hydrogens (tertiary/aromatic N) is 7. The van der Waals surface area contributed by atoms with E-state index >= 15 is 0 Å². The van der Waals surface area contributed by atoms with Crippen LogP contribution >= 0.6 is 11.8 Å². The topological polar surface area (TPSA) is 123 Å². The number of benzene rings is 1. The van der Waals surface area contributed by atoms with Gasteiger partial charge in [-0.3, -0.25) is 9.48 Å². The van der Waals surface area contributed by atoms with Gasteiger partial charge in [-0.2, -0.15) is 20.7 Å². The largest absolute Gasteiger partial charge is 0.387 e. The average molecular weight is 542 g/mol. The first-order valence-electron chi connectivity index (χ1n) is 12.7. The van der Waals surface area contributed by atoms with Crippen molar-refractivity contribution >= 4 is 23.2 Å². The van der Waals surface area contributed by atoms with Crippen LogP contribution in [0, 0.1) is 35.4 Å². The van der Waals surface area contributed by atoms with Crippen molar-refractivity contribution in [2.45, 2.75) is 60.5 Å². The number of hydrogen-bond donors (Lipinski definition) is 1. The number of rotatable bonds is 5. The van der Waals surface area contributed by atoms with E-state index in [1.165, 1.54) is 30.1 Å². The van der Waals surface area contributed by atoms with E-state index in [0.29, 0.717) is 20.9 Å². The molecule has 196 valence electrons. The third-order valence-electron chi connectivity index (χ3n) is 7.81. The highest BCUT2D eigenvalue weighted by Gasteiger charge is 2.44. The molecule has 3 aromatic heterocycles. The standard InChI is InChI=1S/C28H24FN7O2S/c1-16-24(13-33-36(16)23-8-21-3-4-22(9-23)35(21)27(38)15-37)18-7-26(28-19(11-31)12-32-34(28)14-18)39-25-5-2-20(29)6-17(25)10-30/h2,5-7,12-14,21-23,37H,3-4,8-9,15H2,1H3/t21-,22+,23-. The number of piperidine rings is 1. The van der Waals surface area contributed by atoms with Crippen molar-refractivity contribution in [3.8, 4) is 23.3 Å². The Morgan fingerprint density at radius 1 is 1.08 bits per heavy atom. The zero-order valence-electron chi connectivity index (χ0n) is 21.1. The lowest BCUT2D eigenvalue weighted by Crippen LogP contribution is -2.48. The Morgan fingerprint density at radius 3 is 2.51 bits per heavy atom. The Bertz CT molecular complexity index is 1680. The van der Waals surface area contributed by atoms with Crippen LogP contribution in [0.4, 0.5) is 4.39 Å². The molecule has 3 atom stereocenters. The molecule has 6 rings (SSSR count). The van der Waals surface area contributed by atoms with E-state index in [9.17, 15) is 24.8 Å². The Morgan fingerprint density at radius 2 is 1.82 bits per heavy atom. The third kappa shape index (κ3) is 4.24. The molecule has 9 nitrogen and oxygen atoms in total. The molecule has 11 heteroatoms. The monoisotopic (exact) mass is 541 g/mol. The highest BCUT2D eigenvalue weighted by molar-refractivity contribution is 7.99. The minimum atomic E-state index is -0.486. The summed E-state index contributed by atoms with van der Waals surface area (Å²) in [6.07, 6.45) is 8.64. The molecule has 4 aromatic rings. The molecule has 0 radical (unpaired) electrons. The first-order chi connectivity index (χ1) is 18.9. The van der Waals surface area contributed by atoms with Crippen molar-refractivity contribution in [1.82, 2.24) is 24.3 Å². The van der Waals surface area contributed by atoms with E-state index in [1.807, 2.05) is 41.0 Å². The zero-order chi connectivity index (χ0) is 27.3. The number of aliphatic hydroxyl groups is 1. The number of amides is 1. The highest BCUT2D eigenvalue weighted by Crippen LogP contribution is 2.42. The second kappa shape index (κ2) is 9.84. The van der Waals surface area contributed by atoms with Gasteiger partial charge in [0.15, 0.2) is 0 Å². The van der Waals surface area contributed by atoms with Crippen LogP contribution in [-0.2, 0) is 4.79 Å². The van der Waals surface area contributed by atoms with Crippen LogP contribution in [0.1, 0.15) is 48.5 Å². The smallest absolute Gasteiger partial charge is 0.248 e. The molecular formula is C28H24FN7O2S. The van der Waals surface area contributed by atoms with Gasteiger partial charge in [0, 0.05) is 44.9 Å². The van der Waals surface area contributed by atoms with Gasteiger partial charge in [0.2, 0.25) is 5.91 Å². The summed E-state index contributed by atoms with van der Waals surface area (Å²) in [5.41, 5.74) is 3.96. The van der Waals surface area contributed by atoms with Gasteiger partial charge in [0.25, 0.3) is 0 Å². The highest BCUT2D eigenvalue weighted by atomic mass is 32.2. The van der Waals surface area contributed by atoms with E-state index in [1.54, 1.807) is 10.6 Å². The first kappa shape index (κ1) is 25.1. The molecule has 39 heavy (non-hydrogen) atoms. The molecule has 2 bridgehead atoms. The van der Waals surface area contributed by atoms with Crippen LogP contribution in [0.25, 0.3) is 16.6 Å². The number of carbonyl (C=O) groups excluding carboxylic acids is 1.